The van der Waals surface area contributed by atoms with Crippen molar-refractivity contribution in [2.24, 2.45) is 0 Å². The Morgan fingerprint density at radius 2 is 2.14 bits per heavy atom. The molecule has 0 aliphatic carbocycles. The van der Waals surface area contributed by atoms with E-state index in [9.17, 15) is 4.79 Å². The van der Waals surface area contributed by atoms with Gasteiger partial charge in [0, 0.05) is 24.7 Å². The van der Waals surface area contributed by atoms with Gasteiger partial charge in [0.15, 0.2) is 0 Å². The van der Waals surface area contributed by atoms with Crippen molar-refractivity contribution >= 4 is 22.9 Å². The number of nitrogens with one attached hydrogen (secondary N) is 1. The van der Waals surface area contributed by atoms with Crippen LogP contribution in [0.2, 0.25) is 0 Å². The molecule has 2 rings (SSSR count). The Kier molecular flexibility index (Phi) is 5.33. The lowest BCUT2D eigenvalue weighted by molar-refractivity contribution is 0.0784. The van der Waals surface area contributed by atoms with Crippen LogP contribution in [0.15, 0.2) is 29.6 Å². The lowest BCUT2D eigenvalue weighted by atomic mass is 10.1. The first-order valence-electron chi connectivity index (χ1n) is 7.11. The fourth-order valence-corrected chi connectivity index (χ4v) is 2.69. The highest BCUT2D eigenvalue weighted by atomic mass is 32.1. The van der Waals surface area contributed by atoms with Gasteiger partial charge in [-0.15, -0.1) is 11.3 Å². The smallest absolute Gasteiger partial charge is 0.256 e. The standard InChI is InChI=1S/C16H21N3OS/c1-4-9-17-15-8-6-5-7-14(15)16(20)19(3)10-13-11-21-12(2)18-13/h5-8,11,17H,4,9-10H2,1-3H3. The predicted octanol–water partition coefficient (Wildman–Crippen LogP) is 3.55. The summed E-state index contributed by atoms with van der Waals surface area (Å²) < 4.78 is 0. The Morgan fingerprint density at radius 1 is 1.38 bits per heavy atom. The summed E-state index contributed by atoms with van der Waals surface area (Å²) in [5.41, 5.74) is 2.54. The molecule has 0 saturated carbocycles. The average Bonchev–Trinajstić information content (AvgIpc) is 2.89. The minimum absolute atomic E-state index is 0.0138. The molecule has 0 aliphatic heterocycles. The van der Waals surface area contributed by atoms with Gasteiger partial charge in [-0.25, -0.2) is 4.98 Å². The molecule has 21 heavy (non-hydrogen) atoms. The normalized spacial score (nSPS) is 10.4. The summed E-state index contributed by atoms with van der Waals surface area (Å²) in [5, 5.41) is 6.33. The molecule has 4 nitrogen and oxygen atoms in total. The van der Waals surface area contributed by atoms with Gasteiger partial charge >= 0.3 is 0 Å². The highest BCUT2D eigenvalue weighted by Crippen LogP contribution is 2.18. The predicted molar refractivity (Wildman–Crippen MR) is 87.9 cm³/mol. The van der Waals surface area contributed by atoms with E-state index >= 15 is 0 Å². The van der Waals surface area contributed by atoms with Crippen molar-refractivity contribution < 1.29 is 4.79 Å². The van der Waals surface area contributed by atoms with Crippen LogP contribution in [-0.2, 0) is 6.54 Å². The van der Waals surface area contributed by atoms with Crippen LogP contribution in [0.5, 0.6) is 0 Å². The van der Waals surface area contributed by atoms with E-state index in [4.69, 9.17) is 0 Å². The number of amides is 1. The molecule has 0 atom stereocenters. The summed E-state index contributed by atoms with van der Waals surface area (Å²) in [6, 6.07) is 7.65. The number of aryl methyl sites for hydroxylation is 1. The molecule has 112 valence electrons. The molecule has 0 aliphatic rings. The van der Waals surface area contributed by atoms with Crippen molar-refractivity contribution in [2.75, 3.05) is 18.9 Å². The highest BCUT2D eigenvalue weighted by molar-refractivity contribution is 7.09. The summed E-state index contributed by atoms with van der Waals surface area (Å²) in [6.07, 6.45) is 1.02. The third-order valence-corrected chi connectivity index (χ3v) is 3.96. The van der Waals surface area contributed by atoms with Crippen LogP contribution in [0.4, 0.5) is 5.69 Å². The summed E-state index contributed by atoms with van der Waals surface area (Å²) in [7, 11) is 1.81. The van der Waals surface area contributed by atoms with Gasteiger partial charge in [-0.3, -0.25) is 4.79 Å². The maximum Gasteiger partial charge on any atom is 0.256 e. The first kappa shape index (κ1) is 15.5. The SMILES string of the molecule is CCCNc1ccccc1C(=O)N(C)Cc1csc(C)n1. The molecule has 0 bridgehead atoms. The van der Waals surface area contributed by atoms with E-state index in [0.29, 0.717) is 12.1 Å². The quantitative estimate of drug-likeness (QED) is 0.887. The zero-order valence-corrected chi connectivity index (χ0v) is 13.5. The number of carbonyl (C=O) groups excluding carboxylic acids is 1. The summed E-state index contributed by atoms with van der Waals surface area (Å²) in [4.78, 5) is 18.7. The van der Waals surface area contributed by atoms with Gasteiger partial charge in [-0.1, -0.05) is 19.1 Å². The number of anilines is 1. The molecule has 1 amide bonds. The first-order chi connectivity index (χ1) is 10.1. The molecule has 5 heteroatoms. The maximum atomic E-state index is 12.6. The molecule has 1 heterocycles. The number of carbonyl (C=O) groups is 1. The van der Waals surface area contributed by atoms with Gasteiger partial charge in [-0.2, -0.15) is 0 Å². The van der Waals surface area contributed by atoms with Gasteiger partial charge in [-0.05, 0) is 25.5 Å². The molecular weight excluding hydrogens is 282 g/mol. The molecule has 0 fully saturated rings. The molecule has 0 radical (unpaired) electrons. The van der Waals surface area contributed by atoms with Crippen molar-refractivity contribution in [2.45, 2.75) is 26.8 Å². The summed E-state index contributed by atoms with van der Waals surface area (Å²) >= 11 is 1.61. The molecule has 0 saturated heterocycles. The van der Waals surface area contributed by atoms with Crippen molar-refractivity contribution in [1.82, 2.24) is 9.88 Å². The lowest BCUT2D eigenvalue weighted by Gasteiger charge is -2.18. The monoisotopic (exact) mass is 303 g/mol. The number of aromatic nitrogens is 1. The Hall–Kier alpha value is -1.88. The Morgan fingerprint density at radius 3 is 2.81 bits per heavy atom. The molecule has 1 aromatic heterocycles. The number of nitrogens with zero attached hydrogens (tertiary/aromatic N) is 2. The van der Waals surface area contributed by atoms with Crippen LogP contribution in [0.25, 0.3) is 0 Å². The van der Waals surface area contributed by atoms with E-state index in [1.165, 1.54) is 0 Å². The second-order valence-corrected chi connectivity index (χ2v) is 6.05. The van der Waals surface area contributed by atoms with Gasteiger partial charge in [0.1, 0.15) is 0 Å². The maximum absolute atomic E-state index is 12.6. The number of hydrogen-bond donors (Lipinski definition) is 1. The number of rotatable bonds is 6. The van der Waals surface area contributed by atoms with E-state index < -0.39 is 0 Å². The minimum atomic E-state index is 0.0138. The van der Waals surface area contributed by atoms with Gasteiger partial charge in [0.05, 0.1) is 22.8 Å². The number of para-hydroxylation sites is 1. The first-order valence-corrected chi connectivity index (χ1v) is 7.99. The fourth-order valence-electron chi connectivity index (χ4n) is 2.08. The third-order valence-electron chi connectivity index (χ3n) is 3.14. The molecule has 1 aromatic carbocycles. The topological polar surface area (TPSA) is 45.2 Å². The largest absolute Gasteiger partial charge is 0.384 e. The van der Waals surface area contributed by atoms with Gasteiger partial charge in [0.2, 0.25) is 0 Å². The zero-order valence-electron chi connectivity index (χ0n) is 12.7. The lowest BCUT2D eigenvalue weighted by Crippen LogP contribution is -2.27. The van der Waals surface area contributed by atoms with Crippen molar-refractivity contribution in [3.8, 4) is 0 Å². The number of thiazole rings is 1. The van der Waals surface area contributed by atoms with E-state index in [1.54, 1.807) is 16.2 Å². The van der Waals surface area contributed by atoms with Crippen LogP contribution < -0.4 is 5.32 Å². The molecular formula is C16H21N3OS. The van der Waals surface area contributed by atoms with E-state index in [1.807, 2.05) is 43.6 Å². The van der Waals surface area contributed by atoms with Gasteiger partial charge < -0.3 is 10.2 Å². The summed E-state index contributed by atoms with van der Waals surface area (Å²) in [5.74, 6) is 0.0138. The Labute approximate surface area is 129 Å². The van der Waals surface area contributed by atoms with Crippen LogP contribution in [0.3, 0.4) is 0 Å². The fraction of sp³-hybridized carbons (Fsp3) is 0.375. The third kappa shape index (κ3) is 4.04. The van der Waals surface area contributed by atoms with Crippen LogP contribution in [0, 0.1) is 6.92 Å². The van der Waals surface area contributed by atoms with Gasteiger partial charge in [0.25, 0.3) is 5.91 Å². The second-order valence-electron chi connectivity index (χ2n) is 4.99. The molecule has 2 aromatic rings. The number of hydrogen-bond acceptors (Lipinski definition) is 4. The van der Waals surface area contributed by atoms with E-state index in [-0.39, 0.29) is 5.91 Å². The molecule has 1 N–H and O–H groups in total. The Balaban J connectivity index is 2.11. The van der Waals surface area contributed by atoms with Crippen LogP contribution >= 0.6 is 11.3 Å². The van der Waals surface area contributed by atoms with Crippen LogP contribution in [0.1, 0.15) is 34.4 Å². The van der Waals surface area contributed by atoms with Crippen molar-refractivity contribution in [1.29, 1.82) is 0 Å². The van der Waals surface area contributed by atoms with E-state index in [2.05, 4.69) is 17.2 Å². The average molecular weight is 303 g/mol. The zero-order chi connectivity index (χ0) is 15.2. The second kappa shape index (κ2) is 7.22. The Bertz CT molecular complexity index is 609. The summed E-state index contributed by atoms with van der Waals surface area (Å²) in [6.45, 7) is 5.47. The molecule has 0 spiro atoms. The minimum Gasteiger partial charge on any atom is -0.384 e. The van der Waals surface area contributed by atoms with Crippen molar-refractivity contribution in [3.63, 3.8) is 0 Å². The number of benzene rings is 1. The van der Waals surface area contributed by atoms with Crippen LogP contribution in [-0.4, -0.2) is 29.4 Å². The highest BCUT2D eigenvalue weighted by Gasteiger charge is 2.16. The van der Waals surface area contributed by atoms with E-state index in [0.717, 1.165) is 29.4 Å². The molecule has 0 unspecified atom stereocenters. The van der Waals surface area contributed by atoms with Crippen molar-refractivity contribution in [3.05, 3.63) is 45.9 Å².